The average molecular weight is 359 g/mol. The molecule has 1 aromatic rings. The molecule has 0 aromatic heterocycles. The van der Waals surface area contributed by atoms with E-state index in [2.05, 4.69) is 6.92 Å². The second kappa shape index (κ2) is 15.1. The maximum absolute atomic E-state index is 9.15. The first-order chi connectivity index (χ1) is 9.83. The van der Waals surface area contributed by atoms with E-state index in [4.69, 9.17) is 22.6 Å². The summed E-state index contributed by atoms with van der Waals surface area (Å²) in [6.07, 6.45) is 10.6. The summed E-state index contributed by atoms with van der Waals surface area (Å²) in [6, 6.07) is 7.59. The van der Waals surface area contributed by atoms with Crippen molar-refractivity contribution in [1.29, 1.82) is 0 Å². The van der Waals surface area contributed by atoms with Gasteiger partial charge in [0.05, 0.1) is 0 Å². The number of hydrogen-bond acceptors (Lipinski definition) is 3. The van der Waals surface area contributed by atoms with Crippen molar-refractivity contribution >= 4 is 61.8 Å². The van der Waals surface area contributed by atoms with Crippen LogP contribution in [0.2, 0.25) is 0 Å². The molecule has 3 N–H and O–H groups in total. The molecule has 0 saturated carbocycles. The Morgan fingerprint density at radius 3 is 1.73 bits per heavy atom. The van der Waals surface area contributed by atoms with Gasteiger partial charge in [-0.25, -0.2) is 0 Å². The van der Waals surface area contributed by atoms with E-state index in [-0.39, 0.29) is 51.4 Å². The molecule has 0 fully saturated rings. The molecule has 0 radical (unpaired) electrons. The Morgan fingerprint density at radius 2 is 1.27 bits per heavy atom. The van der Waals surface area contributed by atoms with Crippen LogP contribution in [0, 0.1) is 0 Å². The predicted octanol–water partition coefficient (Wildman–Crippen LogP) is 3.38. The second-order valence-corrected chi connectivity index (χ2v) is 5.88. The summed E-state index contributed by atoms with van der Waals surface area (Å²) in [4.78, 5) is 0. The molecule has 22 heavy (non-hydrogen) atoms. The van der Waals surface area contributed by atoms with E-state index in [1.807, 2.05) is 12.1 Å². The van der Waals surface area contributed by atoms with Gasteiger partial charge >= 0.3 is 61.8 Å². The molecule has 5 nitrogen and oxygen atoms in total. The number of hydrogen-bond donors (Lipinski definition) is 3. The van der Waals surface area contributed by atoms with Gasteiger partial charge in [0.25, 0.3) is 0 Å². The summed E-state index contributed by atoms with van der Waals surface area (Å²) in [5, 5.41) is 9.15. The number of aromatic hydroxyl groups is 1. The summed E-state index contributed by atoms with van der Waals surface area (Å²) in [5.41, 5.74) is 1.34. The molecular weight excluding hydrogens is 331 g/mol. The number of aryl methyl sites for hydroxylation is 1. The third-order valence-corrected chi connectivity index (χ3v) is 3.01. The molecule has 0 aliphatic carbocycles. The summed E-state index contributed by atoms with van der Waals surface area (Å²) in [6.45, 7) is 2.25. The zero-order chi connectivity index (χ0) is 16.1. The van der Waals surface area contributed by atoms with Gasteiger partial charge in [0.2, 0.25) is 0 Å². The Bertz CT molecular complexity index is 451. The van der Waals surface area contributed by atoms with E-state index in [0.29, 0.717) is 5.75 Å². The van der Waals surface area contributed by atoms with Crippen LogP contribution in [0.15, 0.2) is 24.3 Å². The quantitative estimate of drug-likeness (QED) is 0.376. The van der Waals surface area contributed by atoms with Crippen molar-refractivity contribution < 1.29 is 22.6 Å². The van der Waals surface area contributed by atoms with Crippen LogP contribution >= 0.6 is 0 Å². The third-order valence-electron chi connectivity index (χ3n) is 3.01. The van der Waals surface area contributed by atoms with E-state index in [1.54, 1.807) is 12.1 Å². The van der Waals surface area contributed by atoms with Crippen molar-refractivity contribution in [2.45, 2.75) is 58.3 Å². The molecule has 7 heteroatoms. The Hall–Kier alpha value is 0.526. The van der Waals surface area contributed by atoms with Crippen molar-refractivity contribution in [3.63, 3.8) is 0 Å². The zero-order valence-electron chi connectivity index (χ0n) is 12.5. The topological polar surface area (TPSA) is 94.8 Å². The van der Waals surface area contributed by atoms with Crippen molar-refractivity contribution in [1.82, 2.24) is 0 Å². The SMILES string of the molecule is CCCCCCCCCc1ccc(O)cc1.O=S(=O)(O)O.[KH]. The fourth-order valence-corrected chi connectivity index (χ4v) is 1.95. The summed E-state index contributed by atoms with van der Waals surface area (Å²) < 4.78 is 31.6. The molecule has 0 saturated heterocycles. The monoisotopic (exact) mass is 358 g/mol. The average Bonchev–Trinajstić information content (AvgIpc) is 2.38. The van der Waals surface area contributed by atoms with Crippen LogP contribution in [-0.2, 0) is 16.8 Å². The van der Waals surface area contributed by atoms with Gasteiger partial charge in [0, 0.05) is 0 Å². The zero-order valence-corrected chi connectivity index (χ0v) is 13.3. The van der Waals surface area contributed by atoms with E-state index in [0.717, 1.165) is 6.42 Å². The first-order valence-corrected chi connectivity index (χ1v) is 8.70. The minimum absolute atomic E-state index is 0. The molecule has 1 aromatic carbocycles. The fraction of sp³-hybridized carbons (Fsp3) is 0.600. The standard InChI is InChI=1S/C15H24O.K.H2O4S.H/c1-2-3-4-5-6-7-8-9-14-10-12-15(16)13-11-14;;1-5(2,3)4;/h10-13,16H,2-9H2,1H3;;(H2,1,2,3,4);. The van der Waals surface area contributed by atoms with Crippen molar-refractivity contribution in [3.05, 3.63) is 29.8 Å². The number of phenolic OH excluding ortho intramolecular Hbond substituents is 1. The van der Waals surface area contributed by atoms with Crippen molar-refractivity contribution in [3.8, 4) is 5.75 Å². The van der Waals surface area contributed by atoms with Crippen LogP contribution in [0.5, 0.6) is 5.75 Å². The van der Waals surface area contributed by atoms with Crippen LogP contribution in [0.1, 0.15) is 57.4 Å². The molecule has 0 spiro atoms. The molecule has 0 atom stereocenters. The van der Waals surface area contributed by atoms with Crippen LogP contribution in [-0.4, -0.2) is 74.0 Å². The first kappa shape index (κ1) is 24.8. The first-order valence-electron chi connectivity index (χ1n) is 7.30. The predicted molar refractivity (Wildman–Crippen MR) is 91.1 cm³/mol. The van der Waals surface area contributed by atoms with E-state index < -0.39 is 10.4 Å². The number of unbranched alkanes of at least 4 members (excludes halogenated alkanes) is 6. The summed E-state index contributed by atoms with van der Waals surface area (Å²) in [5.74, 6) is 0.364. The number of benzene rings is 1. The van der Waals surface area contributed by atoms with Crippen molar-refractivity contribution in [2.24, 2.45) is 0 Å². The van der Waals surface area contributed by atoms with Crippen LogP contribution in [0.3, 0.4) is 0 Å². The van der Waals surface area contributed by atoms with Gasteiger partial charge in [-0.3, -0.25) is 9.11 Å². The molecule has 124 valence electrons. The molecule has 0 bridgehead atoms. The maximum atomic E-state index is 9.15. The van der Waals surface area contributed by atoms with Gasteiger partial charge in [-0.2, -0.15) is 8.42 Å². The Balaban J connectivity index is 0. The molecule has 0 unspecified atom stereocenters. The van der Waals surface area contributed by atoms with Gasteiger partial charge in [0.1, 0.15) is 5.75 Å². The van der Waals surface area contributed by atoms with Gasteiger partial charge < -0.3 is 5.11 Å². The molecule has 1 rings (SSSR count). The number of rotatable bonds is 8. The number of phenols is 1. The second-order valence-electron chi connectivity index (χ2n) is 4.99. The summed E-state index contributed by atoms with van der Waals surface area (Å²) >= 11 is 0. The van der Waals surface area contributed by atoms with Crippen LogP contribution < -0.4 is 0 Å². The Labute approximate surface area is 176 Å². The van der Waals surface area contributed by atoms with E-state index >= 15 is 0 Å². The Kier molecular flexibility index (Phi) is 17.0. The fourth-order valence-electron chi connectivity index (χ4n) is 1.95. The molecule has 0 aliphatic heterocycles. The third kappa shape index (κ3) is 20.5. The van der Waals surface area contributed by atoms with Crippen molar-refractivity contribution in [2.75, 3.05) is 0 Å². The van der Waals surface area contributed by atoms with Crippen LogP contribution in [0.25, 0.3) is 0 Å². The van der Waals surface area contributed by atoms with Gasteiger partial charge in [-0.05, 0) is 30.5 Å². The van der Waals surface area contributed by atoms with Gasteiger partial charge in [-0.1, -0.05) is 57.6 Å². The summed E-state index contributed by atoms with van der Waals surface area (Å²) in [7, 11) is -4.67. The van der Waals surface area contributed by atoms with Gasteiger partial charge in [0.15, 0.2) is 0 Å². The molecule has 0 aliphatic rings. The normalized spacial score (nSPS) is 10.3. The van der Waals surface area contributed by atoms with E-state index in [9.17, 15) is 0 Å². The minimum atomic E-state index is -4.67. The molecular formula is C15H27KO5S. The van der Waals surface area contributed by atoms with E-state index in [1.165, 1.54) is 50.5 Å². The van der Waals surface area contributed by atoms with Gasteiger partial charge in [-0.15, -0.1) is 0 Å². The van der Waals surface area contributed by atoms with Crippen LogP contribution in [0.4, 0.5) is 0 Å². The molecule has 0 amide bonds. The molecule has 0 heterocycles. The Morgan fingerprint density at radius 1 is 0.864 bits per heavy atom.